The number of carboxylic acid groups (broad SMARTS) is 1. The molecule has 0 radical (unpaired) electrons. The van der Waals surface area contributed by atoms with Crippen LogP contribution < -0.4 is 10.1 Å². The van der Waals surface area contributed by atoms with Crippen molar-refractivity contribution in [2.45, 2.75) is 13.0 Å². The molecule has 0 bridgehead atoms. The van der Waals surface area contributed by atoms with E-state index >= 15 is 0 Å². The third kappa shape index (κ3) is 3.56. The lowest BCUT2D eigenvalue weighted by Crippen LogP contribution is -2.38. The quantitative estimate of drug-likeness (QED) is 0.651. The Hall–Kier alpha value is -3.61. The van der Waals surface area contributed by atoms with Crippen LogP contribution in [0.25, 0.3) is 10.8 Å². The Morgan fingerprint density at radius 2 is 1.85 bits per heavy atom. The number of nitrogens with one attached hydrogen (secondary N) is 1. The molecule has 1 amide bonds. The number of amides is 1. The average molecular weight is 352 g/mol. The molecule has 0 saturated heterocycles. The van der Waals surface area contributed by atoms with Crippen molar-refractivity contribution in [2.24, 2.45) is 0 Å². The standard InChI is InChI=1S/C19H16N2O5/c1-11(19(24)25)21-18(23)16-17(22)15-8-7-14(9-12(15)10-20-16)26-13-5-3-2-4-6-13/h2-11,22H,1H3,(H,21,23)(H,24,25). The van der Waals surface area contributed by atoms with E-state index in [4.69, 9.17) is 9.84 Å². The molecule has 0 fully saturated rings. The first kappa shape index (κ1) is 17.2. The van der Waals surface area contributed by atoms with Gasteiger partial charge >= 0.3 is 5.97 Å². The van der Waals surface area contributed by atoms with E-state index in [9.17, 15) is 14.7 Å². The van der Waals surface area contributed by atoms with Crippen LogP contribution in [-0.2, 0) is 4.79 Å². The number of aromatic nitrogens is 1. The van der Waals surface area contributed by atoms with Gasteiger partial charge in [0.05, 0.1) is 0 Å². The van der Waals surface area contributed by atoms with Crippen molar-refractivity contribution < 1.29 is 24.5 Å². The van der Waals surface area contributed by atoms with Gasteiger partial charge in [-0.25, -0.2) is 4.98 Å². The predicted molar refractivity (Wildman–Crippen MR) is 94.5 cm³/mol. The van der Waals surface area contributed by atoms with E-state index in [0.29, 0.717) is 22.3 Å². The van der Waals surface area contributed by atoms with Crippen molar-refractivity contribution in [1.29, 1.82) is 0 Å². The molecule has 7 nitrogen and oxygen atoms in total. The van der Waals surface area contributed by atoms with Gasteiger partial charge in [0, 0.05) is 17.0 Å². The molecule has 0 spiro atoms. The molecule has 7 heteroatoms. The van der Waals surface area contributed by atoms with Gasteiger partial charge in [-0.1, -0.05) is 18.2 Å². The summed E-state index contributed by atoms with van der Waals surface area (Å²) in [6, 6.07) is 13.1. The molecule has 0 aliphatic carbocycles. The number of pyridine rings is 1. The number of aromatic hydroxyl groups is 1. The fraction of sp³-hybridized carbons (Fsp3) is 0.105. The fourth-order valence-electron chi connectivity index (χ4n) is 2.37. The number of para-hydroxylation sites is 1. The maximum absolute atomic E-state index is 12.1. The fourth-order valence-corrected chi connectivity index (χ4v) is 2.37. The van der Waals surface area contributed by atoms with Gasteiger partial charge < -0.3 is 20.3 Å². The average Bonchev–Trinajstić information content (AvgIpc) is 2.62. The summed E-state index contributed by atoms with van der Waals surface area (Å²) >= 11 is 0. The summed E-state index contributed by atoms with van der Waals surface area (Å²) in [6.45, 7) is 1.32. The molecular formula is C19H16N2O5. The highest BCUT2D eigenvalue weighted by molar-refractivity contribution is 6.02. The minimum absolute atomic E-state index is 0.234. The van der Waals surface area contributed by atoms with Crippen LogP contribution in [0, 0.1) is 0 Å². The summed E-state index contributed by atoms with van der Waals surface area (Å²) in [5.41, 5.74) is -0.234. The highest BCUT2D eigenvalue weighted by atomic mass is 16.5. The molecule has 26 heavy (non-hydrogen) atoms. The number of aliphatic carboxylic acids is 1. The van der Waals surface area contributed by atoms with Crippen molar-refractivity contribution in [1.82, 2.24) is 10.3 Å². The number of fused-ring (bicyclic) bond motifs is 1. The first-order valence-corrected chi connectivity index (χ1v) is 7.84. The Morgan fingerprint density at radius 1 is 1.12 bits per heavy atom. The zero-order chi connectivity index (χ0) is 18.7. The summed E-state index contributed by atoms with van der Waals surface area (Å²) in [7, 11) is 0. The molecule has 1 aromatic heterocycles. The lowest BCUT2D eigenvalue weighted by molar-refractivity contribution is -0.138. The molecule has 3 aromatic rings. The maximum Gasteiger partial charge on any atom is 0.325 e. The van der Waals surface area contributed by atoms with Crippen molar-refractivity contribution >= 4 is 22.6 Å². The highest BCUT2D eigenvalue weighted by Crippen LogP contribution is 2.31. The van der Waals surface area contributed by atoms with Gasteiger partial charge in [-0.05, 0) is 37.3 Å². The topological polar surface area (TPSA) is 109 Å². The highest BCUT2D eigenvalue weighted by Gasteiger charge is 2.20. The minimum atomic E-state index is -1.18. The number of carbonyl (C=O) groups excluding carboxylic acids is 1. The Balaban J connectivity index is 1.89. The molecule has 1 heterocycles. The van der Waals surface area contributed by atoms with E-state index in [2.05, 4.69) is 10.3 Å². The molecule has 0 aliphatic heterocycles. The number of hydrogen-bond donors (Lipinski definition) is 3. The first-order valence-electron chi connectivity index (χ1n) is 7.84. The van der Waals surface area contributed by atoms with Gasteiger partial charge in [0.15, 0.2) is 11.4 Å². The molecule has 3 N–H and O–H groups in total. The van der Waals surface area contributed by atoms with E-state index < -0.39 is 17.9 Å². The Bertz CT molecular complexity index is 972. The van der Waals surface area contributed by atoms with Crippen LogP contribution in [0.3, 0.4) is 0 Å². The minimum Gasteiger partial charge on any atom is -0.505 e. The number of nitrogens with zero attached hydrogens (tertiary/aromatic N) is 1. The number of rotatable bonds is 5. The van der Waals surface area contributed by atoms with Gasteiger partial charge in [-0.15, -0.1) is 0 Å². The van der Waals surface area contributed by atoms with E-state index in [1.54, 1.807) is 18.2 Å². The molecule has 3 rings (SSSR count). The van der Waals surface area contributed by atoms with Crippen LogP contribution in [0.2, 0.25) is 0 Å². The number of ether oxygens (including phenoxy) is 1. The van der Waals surface area contributed by atoms with Crippen LogP contribution >= 0.6 is 0 Å². The normalized spacial score (nSPS) is 11.7. The van der Waals surface area contributed by atoms with Crippen LogP contribution in [0.1, 0.15) is 17.4 Å². The second kappa shape index (κ2) is 7.10. The van der Waals surface area contributed by atoms with Crippen LogP contribution in [0.5, 0.6) is 17.2 Å². The van der Waals surface area contributed by atoms with Crippen molar-refractivity contribution in [3.63, 3.8) is 0 Å². The Kier molecular flexibility index (Phi) is 4.70. The van der Waals surface area contributed by atoms with Crippen LogP contribution in [0.4, 0.5) is 0 Å². The zero-order valence-electron chi connectivity index (χ0n) is 13.8. The van der Waals surface area contributed by atoms with E-state index in [1.165, 1.54) is 13.1 Å². The summed E-state index contributed by atoms with van der Waals surface area (Å²) < 4.78 is 5.73. The number of hydrogen-bond acceptors (Lipinski definition) is 5. The second-order valence-corrected chi connectivity index (χ2v) is 5.65. The van der Waals surface area contributed by atoms with Crippen molar-refractivity contribution in [3.05, 3.63) is 60.4 Å². The van der Waals surface area contributed by atoms with Crippen molar-refractivity contribution in [2.75, 3.05) is 0 Å². The molecule has 2 aromatic carbocycles. The summed E-state index contributed by atoms with van der Waals surface area (Å²) in [4.78, 5) is 26.9. The van der Waals surface area contributed by atoms with E-state index in [1.807, 2.05) is 30.3 Å². The van der Waals surface area contributed by atoms with Gasteiger partial charge in [-0.3, -0.25) is 9.59 Å². The van der Waals surface area contributed by atoms with Gasteiger partial charge in [-0.2, -0.15) is 0 Å². The molecular weight excluding hydrogens is 336 g/mol. The molecule has 132 valence electrons. The summed E-state index contributed by atoms with van der Waals surface area (Å²) in [6.07, 6.45) is 1.42. The van der Waals surface area contributed by atoms with Crippen LogP contribution in [0.15, 0.2) is 54.7 Å². The number of benzene rings is 2. The maximum atomic E-state index is 12.1. The summed E-state index contributed by atoms with van der Waals surface area (Å²) in [5, 5.41) is 22.5. The third-order valence-corrected chi connectivity index (χ3v) is 3.75. The number of carbonyl (C=O) groups is 2. The van der Waals surface area contributed by atoms with Gasteiger partial charge in [0.25, 0.3) is 5.91 Å². The van der Waals surface area contributed by atoms with E-state index in [-0.39, 0.29) is 11.4 Å². The second-order valence-electron chi connectivity index (χ2n) is 5.65. The Morgan fingerprint density at radius 3 is 2.54 bits per heavy atom. The molecule has 0 saturated carbocycles. The van der Waals surface area contributed by atoms with Gasteiger partial charge in [0.1, 0.15) is 17.5 Å². The largest absolute Gasteiger partial charge is 0.505 e. The third-order valence-electron chi connectivity index (χ3n) is 3.75. The van der Waals surface area contributed by atoms with Crippen molar-refractivity contribution in [3.8, 4) is 17.2 Å². The lowest BCUT2D eigenvalue weighted by Gasteiger charge is -2.11. The van der Waals surface area contributed by atoms with Gasteiger partial charge in [0.2, 0.25) is 0 Å². The van der Waals surface area contributed by atoms with E-state index in [0.717, 1.165) is 0 Å². The monoisotopic (exact) mass is 352 g/mol. The molecule has 1 atom stereocenters. The summed E-state index contributed by atoms with van der Waals surface area (Å²) in [5.74, 6) is -1.03. The zero-order valence-corrected chi connectivity index (χ0v) is 13.8. The first-order chi connectivity index (χ1) is 12.5. The lowest BCUT2D eigenvalue weighted by atomic mass is 10.1. The van der Waals surface area contributed by atoms with Crippen LogP contribution in [-0.4, -0.2) is 33.1 Å². The predicted octanol–water partition coefficient (Wildman–Crippen LogP) is 2.94. The Labute approximate surface area is 148 Å². The SMILES string of the molecule is CC(NC(=O)c1ncc2cc(Oc3ccccc3)ccc2c1O)C(=O)O. The smallest absolute Gasteiger partial charge is 0.325 e. The molecule has 1 unspecified atom stereocenters. The molecule has 0 aliphatic rings. The number of carboxylic acids is 1.